The predicted octanol–water partition coefficient (Wildman–Crippen LogP) is 4.22. The van der Waals surface area contributed by atoms with E-state index < -0.39 is 16.8 Å². The zero-order chi connectivity index (χ0) is 14.7. The maximum atomic E-state index is 12.3. The Morgan fingerprint density at radius 1 is 1.10 bits per heavy atom. The van der Waals surface area contributed by atoms with Gasteiger partial charge >= 0.3 is 5.97 Å². The van der Waals surface area contributed by atoms with E-state index in [9.17, 15) is 9.00 Å². The number of benzene rings is 2. The molecule has 0 aromatic heterocycles. The largest absolute Gasteiger partial charge is 0.478 e. The minimum atomic E-state index is -1.28. The number of halogens is 2. The smallest absolute Gasteiger partial charge is 0.336 e. The van der Waals surface area contributed by atoms with Crippen molar-refractivity contribution in [1.82, 2.24) is 0 Å². The molecule has 0 heterocycles. The van der Waals surface area contributed by atoms with Crippen LogP contribution in [0.4, 0.5) is 0 Å². The van der Waals surface area contributed by atoms with E-state index in [2.05, 4.69) is 31.9 Å². The Morgan fingerprint density at radius 3 is 2.35 bits per heavy atom. The molecule has 0 saturated carbocycles. The van der Waals surface area contributed by atoms with Crippen LogP contribution in [0.5, 0.6) is 0 Å². The summed E-state index contributed by atoms with van der Waals surface area (Å²) >= 11 is 6.51. The van der Waals surface area contributed by atoms with E-state index in [1.165, 1.54) is 6.07 Å². The van der Waals surface area contributed by atoms with E-state index in [1.807, 2.05) is 24.3 Å². The molecule has 20 heavy (non-hydrogen) atoms. The standard InChI is InChI=1S/C14H10Br2O3S/c15-10-3-1-9(2-4-10)8-20(19)11-5-6-13(16)12(7-11)14(17)18/h1-7H,8H2,(H,17,18). The van der Waals surface area contributed by atoms with E-state index >= 15 is 0 Å². The highest BCUT2D eigenvalue weighted by Crippen LogP contribution is 2.22. The average molecular weight is 418 g/mol. The van der Waals surface area contributed by atoms with Crippen molar-refractivity contribution in [2.75, 3.05) is 0 Å². The quantitative estimate of drug-likeness (QED) is 0.810. The maximum Gasteiger partial charge on any atom is 0.336 e. The fraction of sp³-hybridized carbons (Fsp3) is 0.0714. The molecular weight excluding hydrogens is 408 g/mol. The first kappa shape index (κ1) is 15.4. The molecule has 1 N–H and O–H groups in total. The summed E-state index contributed by atoms with van der Waals surface area (Å²) in [4.78, 5) is 11.6. The highest BCUT2D eigenvalue weighted by Gasteiger charge is 2.12. The fourth-order valence-electron chi connectivity index (χ4n) is 1.63. The molecule has 0 spiro atoms. The Hall–Kier alpha value is -0.980. The Balaban J connectivity index is 2.23. The third kappa shape index (κ3) is 3.77. The fourth-order valence-corrected chi connectivity index (χ4v) is 3.44. The molecule has 1 unspecified atom stereocenters. The molecular formula is C14H10Br2O3S. The van der Waals surface area contributed by atoms with Gasteiger partial charge in [-0.2, -0.15) is 0 Å². The SMILES string of the molecule is O=C(O)c1cc(S(=O)Cc2ccc(Br)cc2)ccc1Br. The Kier molecular flexibility index (Phi) is 5.12. The molecule has 0 bridgehead atoms. The summed E-state index contributed by atoms with van der Waals surface area (Å²) in [5.41, 5.74) is 1.05. The molecule has 3 nitrogen and oxygen atoms in total. The molecule has 2 rings (SSSR count). The molecule has 2 aromatic carbocycles. The number of rotatable bonds is 4. The lowest BCUT2D eigenvalue weighted by Gasteiger charge is -2.05. The number of hydrogen-bond donors (Lipinski definition) is 1. The van der Waals surface area contributed by atoms with Gasteiger partial charge in [-0.15, -0.1) is 0 Å². The first-order valence-corrected chi connectivity index (χ1v) is 8.53. The highest BCUT2D eigenvalue weighted by atomic mass is 79.9. The van der Waals surface area contributed by atoms with Crippen LogP contribution in [0.1, 0.15) is 15.9 Å². The minimum absolute atomic E-state index is 0.117. The van der Waals surface area contributed by atoms with E-state index in [4.69, 9.17) is 5.11 Å². The molecule has 0 radical (unpaired) electrons. The monoisotopic (exact) mass is 416 g/mol. The Morgan fingerprint density at radius 2 is 1.75 bits per heavy atom. The van der Waals surface area contributed by atoms with Crippen molar-refractivity contribution in [3.05, 3.63) is 62.5 Å². The summed E-state index contributed by atoms with van der Waals surface area (Å²) < 4.78 is 13.7. The van der Waals surface area contributed by atoms with Gasteiger partial charge in [0, 0.05) is 13.8 Å². The van der Waals surface area contributed by atoms with Crippen LogP contribution in [0.2, 0.25) is 0 Å². The molecule has 0 amide bonds. The van der Waals surface area contributed by atoms with Gasteiger partial charge in [0.25, 0.3) is 0 Å². The van der Waals surface area contributed by atoms with E-state index in [0.29, 0.717) is 15.1 Å². The highest BCUT2D eigenvalue weighted by molar-refractivity contribution is 9.10. The summed E-state index contributed by atoms with van der Waals surface area (Å²) in [6.45, 7) is 0. The van der Waals surface area contributed by atoms with Crippen molar-refractivity contribution in [3.63, 3.8) is 0 Å². The van der Waals surface area contributed by atoms with Gasteiger partial charge in [-0.05, 0) is 51.8 Å². The zero-order valence-corrected chi connectivity index (χ0v) is 14.2. The molecule has 0 saturated heterocycles. The van der Waals surface area contributed by atoms with Crippen LogP contribution in [-0.4, -0.2) is 15.3 Å². The van der Waals surface area contributed by atoms with Crippen LogP contribution >= 0.6 is 31.9 Å². The third-order valence-corrected chi connectivity index (χ3v) is 5.24. The van der Waals surface area contributed by atoms with E-state index in [1.54, 1.807) is 12.1 Å². The topological polar surface area (TPSA) is 54.4 Å². The number of carbonyl (C=O) groups is 1. The van der Waals surface area contributed by atoms with Crippen molar-refractivity contribution in [3.8, 4) is 0 Å². The van der Waals surface area contributed by atoms with Gasteiger partial charge in [0.1, 0.15) is 0 Å². The lowest BCUT2D eigenvalue weighted by atomic mass is 10.2. The summed E-state index contributed by atoms with van der Waals surface area (Å²) in [5, 5.41) is 9.06. The maximum absolute atomic E-state index is 12.3. The zero-order valence-electron chi connectivity index (χ0n) is 10.2. The number of hydrogen-bond acceptors (Lipinski definition) is 2. The van der Waals surface area contributed by atoms with E-state index in [0.717, 1.165) is 10.0 Å². The van der Waals surface area contributed by atoms with Gasteiger partial charge in [-0.25, -0.2) is 4.79 Å². The van der Waals surface area contributed by atoms with Crippen LogP contribution in [0.3, 0.4) is 0 Å². The second kappa shape index (κ2) is 6.65. The van der Waals surface area contributed by atoms with Crippen molar-refractivity contribution < 1.29 is 14.1 Å². The number of carboxylic acid groups (broad SMARTS) is 1. The molecule has 0 fully saturated rings. The molecule has 0 aliphatic rings. The number of aromatic carboxylic acids is 1. The van der Waals surface area contributed by atoms with Crippen LogP contribution in [0.25, 0.3) is 0 Å². The molecule has 6 heteroatoms. The van der Waals surface area contributed by atoms with Crippen LogP contribution in [0, 0.1) is 0 Å². The van der Waals surface area contributed by atoms with Crippen LogP contribution in [-0.2, 0) is 16.6 Å². The van der Waals surface area contributed by atoms with Crippen molar-refractivity contribution in [1.29, 1.82) is 0 Å². The minimum Gasteiger partial charge on any atom is -0.478 e. The van der Waals surface area contributed by atoms with Crippen molar-refractivity contribution in [2.45, 2.75) is 10.6 Å². The number of carboxylic acids is 1. The van der Waals surface area contributed by atoms with Gasteiger partial charge in [0.15, 0.2) is 0 Å². The second-order valence-corrected chi connectivity index (χ2v) is 7.28. The molecule has 104 valence electrons. The normalized spacial score (nSPS) is 12.1. The Labute approximate surface area is 135 Å². The molecule has 1 atom stereocenters. The Bertz CT molecular complexity index is 669. The van der Waals surface area contributed by atoms with Gasteiger partial charge in [0.05, 0.1) is 22.1 Å². The van der Waals surface area contributed by atoms with Gasteiger partial charge in [0.2, 0.25) is 0 Å². The predicted molar refractivity (Wildman–Crippen MR) is 85.4 cm³/mol. The average Bonchev–Trinajstić information content (AvgIpc) is 2.41. The summed E-state index contributed by atoms with van der Waals surface area (Å²) in [7, 11) is -1.28. The summed E-state index contributed by atoms with van der Waals surface area (Å²) in [6.07, 6.45) is 0. The third-order valence-electron chi connectivity index (χ3n) is 2.64. The first-order chi connectivity index (χ1) is 9.47. The van der Waals surface area contributed by atoms with Crippen molar-refractivity contribution in [2.24, 2.45) is 0 Å². The van der Waals surface area contributed by atoms with Gasteiger partial charge in [-0.1, -0.05) is 28.1 Å². The van der Waals surface area contributed by atoms with Crippen LogP contribution < -0.4 is 0 Å². The molecule has 0 aliphatic heterocycles. The molecule has 2 aromatic rings. The van der Waals surface area contributed by atoms with Crippen LogP contribution in [0.15, 0.2) is 56.3 Å². The van der Waals surface area contributed by atoms with Crippen molar-refractivity contribution >= 4 is 48.6 Å². The second-order valence-electron chi connectivity index (χ2n) is 4.06. The summed E-state index contributed by atoms with van der Waals surface area (Å²) in [6, 6.07) is 12.3. The molecule has 0 aliphatic carbocycles. The van der Waals surface area contributed by atoms with E-state index in [-0.39, 0.29) is 5.56 Å². The lowest BCUT2D eigenvalue weighted by Crippen LogP contribution is -2.02. The van der Waals surface area contributed by atoms with Gasteiger partial charge < -0.3 is 5.11 Å². The lowest BCUT2D eigenvalue weighted by molar-refractivity contribution is 0.0695. The van der Waals surface area contributed by atoms with Gasteiger partial charge in [-0.3, -0.25) is 4.21 Å². The first-order valence-electron chi connectivity index (χ1n) is 5.63. The summed E-state index contributed by atoms with van der Waals surface area (Å²) in [5.74, 6) is -0.687.